The molecule has 2 aromatic heterocycles. The number of nitrogens with one attached hydrogen (secondary N) is 2. The van der Waals surface area contributed by atoms with Crippen LogP contribution in [0.4, 0.5) is 10.1 Å². The molecule has 5 aromatic rings. The second-order valence-corrected chi connectivity index (χ2v) is 10.7. The van der Waals surface area contributed by atoms with Gasteiger partial charge in [-0.1, -0.05) is 23.4 Å². The highest BCUT2D eigenvalue weighted by Gasteiger charge is 2.16. The fraction of sp³-hybridized carbons (Fsp3) is 0.138. The molecule has 0 amide bonds. The Morgan fingerprint density at radius 1 is 0.925 bits per heavy atom. The molecule has 1 atom stereocenters. The maximum atomic E-state index is 13.2. The number of rotatable bonds is 11. The highest BCUT2D eigenvalue weighted by molar-refractivity contribution is 7.92. The zero-order chi connectivity index (χ0) is 28.0. The van der Waals surface area contributed by atoms with E-state index in [0.717, 1.165) is 11.1 Å². The second-order valence-electron chi connectivity index (χ2n) is 9.01. The monoisotopic (exact) mass is 559 g/mol. The molecular weight excluding hydrogens is 533 g/mol. The van der Waals surface area contributed by atoms with Gasteiger partial charge in [0.1, 0.15) is 5.82 Å². The summed E-state index contributed by atoms with van der Waals surface area (Å²) >= 11 is 0. The molecule has 1 unspecified atom stereocenters. The van der Waals surface area contributed by atoms with Crippen molar-refractivity contribution in [1.82, 2.24) is 20.4 Å². The molecule has 5 rings (SSSR count). The first-order valence-electron chi connectivity index (χ1n) is 12.5. The van der Waals surface area contributed by atoms with Crippen molar-refractivity contribution in [2.75, 3.05) is 17.8 Å². The van der Waals surface area contributed by atoms with Crippen molar-refractivity contribution in [2.24, 2.45) is 0 Å². The van der Waals surface area contributed by atoms with E-state index >= 15 is 0 Å². The number of aliphatic hydroxyl groups excluding tert-OH is 1. The van der Waals surface area contributed by atoms with Gasteiger partial charge in [-0.15, -0.1) is 0 Å². The van der Waals surface area contributed by atoms with E-state index < -0.39 is 16.1 Å². The Labute approximate surface area is 230 Å². The molecule has 0 radical (unpaired) electrons. The van der Waals surface area contributed by atoms with Crippen LogP contribution >= 0.6 is 0 Å². The Hall–Kier alpha value is -4.45. The molecule has 0 aliphatic rings. The lowest BCUT2D eigenvalue weighted by atomic mass is 10.1. The molecule has 0 fully saturated rings. The number of aliphatic hydroxyl groups is 1. The molecule has 0 bridgehead atoms. The number of hydrogen-bond donors (Lipinski definition) is 3. The zero-order valence-electron chi connectivity index (χ0n) is 21.2. The lowest BCUT2D eigenvalue weighted by Crippen LogP contribution is -2.23. The number of anilines is 1. The smallest absolute Gasteiger partial charge is 0.261 e. The van der Waals surface area contributed by atoms with Crippen molar-refractivity contribution in [1.29, 1.82) is 0 Å². The van der Waals surface area contributed by atoms with E-state index in [2.05, 4.69) is 25.2 Å². The SMILES string of the molecule is O=S(=O)(Nc1ccc(CCNCC(O)c2cccnc2)cc1)c1ccc(-c2noc(-c3ccc(F)cc3)n2)cc1. The van der Waals surface area contributed by atoms with Crippen LogP contribution in [0.15, 0.2) is 107 Å². The minimum absolute atomic E-state index is 0.0824. The first-order chi connectivity index (χ1) is 19.4. The summed E-state index contributed by atoms with van der Waals surface area (Å²) in [6.07, 6.45) is 3.38. The third-order valence-electron chi connectivity index (χ3n) is 6.14. The fourth-order valence-corrected chi connectivity index (χ4v) is 5.01. The standard InChI is InChI=1S/C29H26FN5O4S/c30-24-9-5-22(6-10-24)29-33-28(34-39-29)21-7-13-26(14-8-21)40(37,38)35-25-11-3-20(4-12-25)15-17-32-19-27(36)23-2-1-16-31-18-23/h1-14,16,18,27,32,35-36H,15,17,19H2. The number of sulfonamides is 1. The van der Waals surface area contributed by atoms with Crippen LogP contribution in [-0.4, -0.2) is 41.7 Å². The van der Waals surface area contributed by atoms with Crippen molar-refractivity contribution >= 4 is 15.7 Å². The molecule has 40 heavy (non-hydrogen) atoms. The van der Waals surface area contributed by atoms with Crippen LogP contribution in [0, 0.1) is 5.82 Å². The minimum Gasteiger partial charge on any atom is -0.387 e. The number of aromatic nitrogens is 3. The van der Waals surface area contributed by atoms with Gasteiger partial charge in [0, 0.05) is 41.3 Å². The van der Waals surface area contributed by atoms with Crippen LogP contribution in [0.25, 0.3) is 22.8 Å². The Morgan fingerprint density at radius 3 is 2.35 bits per heavy atom. The number of nitrogens with zero attached hydrogens (tertiary/aromatic N) is 3. The molecular formula is C29H26FN5O4S. The summed E-state index contributed by atoms with van der Waals surface area (Å²) in [5, 5.41) is 17.3. The summed E-state index contributed by atoms with van der Waals surface area (Å²) < 4.78 is 46.8. The van der Waals surface area contributed by atoms with Crippen molar-refractivity contribution < 1.29 is 22.4 Å². The van der Waals surface area contributed by atoms with Gasteiger partial charge < -0.3 is 14.9 Å². The van der Waals surface area contributed by atoms with E-state index in [-0.39, 0.29) is 22.4 Å². The van der Waals surface area contributed by atoms with Gasteiger partial charge in [0.15, 0.2) is 0 Å². The van der Waals surface area contributed by atoms with Gasteiger partial charge in [0.05, 0.1) is 11.0 Å². The highest BCUT2D eigenvalue weighted by atomic mass is 32.2. The molecule has 11 heteroatoms. The van der Waals surface area contributed by atoms with E-state index in [0.29, 0.717) is 36.3 Å². The summed E-state index contributed by atoms with van der Waals surface area (Å²) in [6.45, 7) is 1.06. The first kappa shape index (κ1) is 27.1. The van der Waals surface area contributed by atoms with Gasteiger partial charge in [-0.3, -0.25) is 9.71 Å². The van der Waals surface area contributed by atoms with Crippen LogP contribution in [0.5, 0.6) is 0 Å². The van der Waals surface area contributed by atoms with Gasteiger partial charge in [-0.2, -0.15) is 4.98 Å². The van der Waals surface area contributed by atoms with Crippen LogP contribution < -0.4 is 10.0 Å². The lowest BCUT2D eigenvalue weighted by Gasteiger charge is -2.12. The quantitative estimate of drug-likeness (QED) is 0.200. The highest BCUT2D eigenvalue weighted by Crippen LogP contribution is 2.24. The van der Waals surface area contributed by atoms with Crippen LogP contribution in [0.1, 0.15) is 17.2 Å². The third kappa shape index (κ3) is 6.75. The number of halogens is 1. The minimum atomic E-state index is -3.82. The van der Waals surface area contributed by atoms with Gasteiger partial charge >= 0.3 is 0 Å². The second kappa shape index (κ2) is 12.2. The molecule has 0 aliphatic carbocycles. The molecule has 0 saturated carbocycles. The summed E-state index contributed by atoms with van der Waals surface area (Å²) in [5.74, 6) is 0.148. The molecule has 3 N–H and O–H groups in total. The van der Waals surface area contributed by atoms with E-state index in [9.17, 15) is 17.9 Å². The average Bonchev–Trinajstić information content (AvgIpc) is 3.47. The van der Waals surface area contributed by atoms with E-state index in [1.54, 1.807) is 42.7 Å². The molecule has 204 valence electrons. The van der Waals surface area contributed by atoms with Crippen molar-refractivity contribution in [3.8, 4) is 22.8 Å². The average molecular weight is 560 g/mol. The number of pyridine rings is 1. The molecule has 0 spiro atoms. The van der Waals surface area contributed by atoms with Gasteiger partial charge in [-0.05, 0) is 85.3 Å². The van der Waals surface area contributed by atoms with Crippen LogP contribution in [-0.2, 0) is 16.4 Å². The zero-order valence-corrected chi connectivity index (χ0v) is 22.1. The summed E-state index contributed by atoms with van der Waals surface area (Å²) in [5.41, 5.74) is 3.37. The first-order valence-corrected chi connectivity index (χ1v) is 14.0. The predicted molar refractivity (Wildman–Crippen MR) is 148 cm³/mol. The molecule has 2 heterocycles. The summed E-state index contributed by atoms with van der Waals surface area (Å²) in [4.78, 5) is 8.40. The summed E-state index contributed by atoms with van der Waals surface area (Å²) in [6, 6.07) is 22.5. The number of benzene rings is 3. The van der Waals surface area contributed by atoms with E-state index in [1.165, 1.54) is 36.4 Å². The van der Waals surface area contributed by atoms with Crippen molar-refractivity contribution in [2.45, 2.75) is 17.4 Å². The number of hydrogen-bond acceptors (Lipinski definition) is 8. The fourth-order valence-electron chi connectivity index (χ4n) is 3.95. The molecule has 3 aromatic carbocycles. The maximum Gasteiger partial charge on any atom is 0.261 e. The van der Waals surface area contributed by atoms with Crippen molar-refractivity contribution in [3.05, 3.63) is 114 Å². The van der Waals surface area contributed by atoms with Crippen LogP contribution in [0.2, 0.25) is 0 Å². The molecule has 0 saturated heterocycles. The van der Waals surface area contributed by atoms with E-state index in [4.69, 9.17) is 4.52 Å². The van der Waals surface area contributed by atoms with Crippen LogP contribution in [0.3, 0.4) is 0 Å². The molecule has 9 nitrogen and oxygen atoms in total. The van der Waals surface area contributed by atoms with E-state index in [1.807, 2.05) is 18.2 Å². The third-order valence-corrected chi connectivity index (χ3v) is 7.54. The lowest BCUT2D eigenvalue weighted by molar-refractivity contribution is 0.174. The predicted octanol–water partition coefficient (Wildman–Crippen LogP) is 4.60. The van der Waals surface area contributed by atoms with Gasteiger partial charge in [0.2, 0.25) is 5.82 Å². The maximum absolute atomic E-state index is 13.2. The topological polar surface area (TPSA) is 130 Å². The van der Waals surface area contributed by atoms with Gasteiger partial charge in [-0.25, -0.2) is 12.8 Å². The Balaban J connectivity index is 1.14. The Kier molecular flexibility index (Phi) is 8.25. The van der Waals surface area contributed by atoms with Gasteiger partial charge in [0.25, 0.3) is 15.9 Å². The Morgan fingerprint density at radius 2 is 1.65 bits per heavy atom. The molecule has 0 aliphatic heterocycles. The normalized spacial score (nSPS) is 12.2. The van der Waals surface area contributed by atoms with Crippen molar-refractivity contribution in [3.63, 3.8) is 0 Å². The summed E-state index contributed by atoms with van der Waals surface area (Å²) in [7, 11) is -3.82. The largest absolute Gasteiger partial charge is 0.387 e. The Bertz CT molecular complexity index is 1640.